The lowest BCUT2D eigenvalue weighted by atomic mass is 10.1. The molecule has 0 aliphatic carbocycles. The Labute approximate surface area is 190 Å². The van der Waals surface area contributed by atoms with Crippen LogP contribution in [0.5, 0.6) is 5.75 Å². The number of alkyl halides is 3. The summed E-state index contributed by atoms with van der Waals surface area (Å²) in [6, 6.07) is 6.39. The first-order chi connectivity index (χ1) is 15.3. The number of rotatable bonds is 7. The van der Waals surface area contributed by atoms with Crippen LogP contribution >= 0.6 is 0 Å². The van der Waals surface area contributed by atoms with Crippen molar-refractivity contribution in [2.45, 2.75) is 64.8 Å². The van der Waals surface area contributed by atoms with Gasteiger partial charge in [-0.2, -0.15) is 4.98 Å². The van der Waals surface area contributed by atoms with Crippen LogP contribution in [-0.4, -0.2) is 46.8 Å². The zero-order valence-electron chi connectivity index (χ0n) is 19.0. The number of anilines is 2. The van der Waals surface area contributed by atoms with Crippen molar-refractivity contribution >= 4 is 17.9 Å². The molecule has 0 bridgehead atoms. The van der Waals surface area contributed by atoms with E-state index in [2.05, 4.69) is 20.0 Å². The van der Waals surface area contributed by atoms with Gasteiger partial charge in [-0.3, -0.25) is 4.90 Å². The van der Waals surface area contributed by atoms with Crippen molar-refractivity contribution in [1.29, 1.82) is 0 Å². The second-order valence-corrected chi connectivity index (χ2v) is 8.67. The lowest BCUT2D eigenvalue weighted by molar-refractivity contribution is -0.274. The van der Waals surface area contributed by atoms with Gasteiger partial charge in [0.05, 0.1) is 17.7 Å². The fourth-order valence-electron chi connectivity index (χ4n) is 3.49. The molecular formula is C22H27F3N4O4. The van der Waals surface area contributed by atoms with Gasteiger partial charge in [-0.05, 0) is 58.4 Å². The Bertz CT molecular complexity index is 981. The number of hydrogen-bond donors (Lipinski definition) is 1. The highest BCUT2D eigenvalue weighted by atomic mass is 19.4. The van der Waals surface area contributed by atoms with Crippen molar-refractivity contribution in [1.82, 2.24) is 9.97 Å². The lowest BCUT2D eigenvalue weighted by Crippen LogP contribution is -2.45. The lowest BCUT2D eigenvalue weighted by Gasteiger charge is -2.31. The number of carbonyl (C=O) groups is 1. The summed E-state index contributed by atoms with van der Waals surface area (Å²) in [6.07, 6.45) is -4.16. The molecule has 33 heavy (non-hydrogen) atoms. The molecule has 1 aromatic heterocycles. The van der Waals surface area contributed by atoms with E-state index in [1.165, 1.54) is 29.3 Å². The normalized spacial score (nSPS) is 18.6. The number of amides is 1. The molecule has 0 unspecified atom stereocenters. The molecule has 1 aliphatic heterocycles. The highest BCUT2D eigenvalue weighted by Gasteiger charge is 2.40. The quantitative estimate of drug-likeness (QED) is 0.607. The van der Waals surface area contributed by atoms with Gasteiger partial charge < -0.3 is 19.5 Å². The maximum absolute atomic E-state index is 12.5. The third kappa shape index (κ3) is 6.70. The molecule has 180 valence electrons. The minimum absolute atomic E-state index is 0.158. The topological polar surface area (TPSA) is 85.8 Å². The zero-order valence-corrected chi connectivity index (χ0v) is 19.0. The minimum Gasteiger partial charge on any atom is -0.447 e. The largest absolute Gasteiger partial charge is 0.573 e. The summed E-state index contributed by atoms with van der Waals surface area (Å²) in [4.78, 5) is 22.4. The third-order valence-electron chi connectivity index (χ3n) is 4.81. The standard InChI is InChI=1S/C22H27F3N4O4/c1-13(15-7-6-8-16(11-15)33-22(23,24)25)27-19-26-10-9-18(28-19)29-17(12-31-20(29)30)14(2)32-21(3,4)5/h6-11,13-14,17H,12H2,1-5H3,(H,26,27,28)/t13-,14+,17+/m0/s1. The summed E-state index contributed by atoms with van der Waals surface area (Å²) in [6.45, 7) is 9.54. The second-order valence-electron chi connectivity index (χ2n) is 8.67. The van der Waals surface area contributed by atoms with Crippen molar-refractivity contribution in [2.75, 3.05) is 16.8 Å². The predicted molar refractivity (Wildman–Crippen MR) is 115 cm³/mol. The van der Waals surface area contributed by atoms with E-state index < -0.39 is 24.1 Å². The van der Waals surface area contributed by atoms with Crippen LogP contribution in [0.25, 0.3) is 0 Å². The number of nitrogens with zero attached hydrogens (tertiary/aromatic N) is 3. The van der Waals surface area contributed by atoms with Gasteiger partial charge in [0, 0.05) is 6.20 Å². The van der Waals surface area contributed by atoms with E-state index in [-0.39, 0.29) is 30.5 Å². The van der Waals surface area contributed by atoms with E-state index >= 15 is 0 Å². The van der Waals surface area contributed by atoms with Crippen LogP contribution in [0.4, 0.5) is 29.7 Å². The summed E-state index contributed by atoms with van der Waals surface area (Å²) >= 11 is 0. The molecule has 0 radical (unpaired) electrons. The van der Waals surface area contributed by atoms with Gasteiger partial charge in [-0.15, -0.1) is 13.2 Å². The first kappa shape index (κ1) is 24.6. The van der Waals surface area contributed by atoms with E-state index in [4.69, 9.17) is 9.47 Å². The first-order valence-electron chi connectivity index (χ1n) is 10.4. The first-order valence-corrected chi connectivity index (χ1v) is 10.4. The van der Waals surface area contributed by atoms with E-state index in [1.54, 1.807) is 19.1 Å². The van der Waals surface area contributed by atoms with Crippen LogP contribution in [0.3, 0.4) is 0 Å². The van der Waals surface area contributed by atoms with Gasteiger partial charge in [-0.25, -0.2) is 9.78 Å². The Hall–Kier alpha value is -3.08. The van der Waals surface area contributed by atoms with E-state index in [0.717, 1.165) is 0 Å². The molecule has 1 N–H and O–H groups in total. The summed E-state index contributed by atoms with van der Waals surface area (Å²) in [5, 5.41) is 3.04. The van der Waals surface area contributed by atoms with E-state index in [0.29, 0.717) is 11.4 Å². The molecule has 1 aliphatic rings. The van der Waals surface area contributed by atoms with Gasteiger partial charge >= 0.3 is 12.5 Å². The average Bonchev–Trinajstić information content (AvgIpc) is 3.07. The van der Waals surface area contributed by atoms with Crippen LogP contribution in [-0.2, 0) is 9.47 Å². The molecule has 2 aromatic rings. The molecule has 0 saturated carbocycles. The molecule has 3 rings (SSSR count). The molecule has 1 amide bonds. The van der Waals surface area contributed by atoms with E-state index in [1.807, 2.05) is 27.7 Å². The smallest absolute Gasteiger partial charge is 0.447 e. The molecular weight excluding hydrogens is 441 g/mol. The van der Waals surface area contributed by atoms with Crippen molar-refractivity contribution < 1.29 is 32.2 Å². The highest BCUT2D eigenvalue weighted by molar-refractivity contribution is 5.89. The number of carbonyl (C=O) groups excluding carboxylic acids is 1. The molecule has 8 nitrogen and oxygen atoms in total. The van der Waals surface area contributed by atoms with Crippen LogP contribution in [0.1, 0.15) is 46.2 Å². The van der Waals surface area contributed by atoms with Crippen LogP contribution in [0.15, 0.2) is 36.5 Å². The number of cyclic esters (lactones) is 1. The van der Waals surface area contributed by atoms with Crippen LogP contribution in [0.2, 0.25) is 0 Å². The van der Waals surface area contributed by atoms with Gasteiger partial charge in [0.1, 0.15) is 24.2 Å². The van der Waals surface area contributed by atoms with Crippen LogP contribution < -0.4 is 15.0 Å². The van der Waals surface area contributed by atoms with Crippen molar-refractivity contribution in [2.24, 2.45) is 0 Å². The van der Waals surface area contributed by atoms with Gasteiger partial charge in [0.15, 0.2) is 0 Å². The Balaban J connectivity index is 1.76. The second kappa shape index (κ2) is 9.42. The summed E-state index contributed by atoms with van der Waals surface area (Å²) in [7, 11) is 0. The van der Waals surface area contributed by atoms with Gasteiger partial charge in [0.2, 0.25) is 5.95 Å². The van der Waals surface area contributed by atoms with Gasteiger partial charge in [-0.1, -0.05) is 12.1 Å². The molecule has 2 heterocycles. The number of ether oxygens (including phenoxy) is 3. The van der Waals surface area contributed by atoms with Crippen molar-refractivity contribution in [3.8, 4) is 5.75 Å². The summed E-state index contributed by atoms with van der Waals surface area (Å²) in [5.74, 6) is 0.203. The Morgan fingerprint density at radius 2 is 1.94 bits per heavy atom. The number of benzene rings is 1. The summed E-state index contributed by atoms with van der Waals surface area (Å²) < 4.78 is 52.8. The van der Waals surface area contributed by atoms with Crippen LogP contribution in [0, 0.1) is 0 Å². The SMILES string of the molecule is C[C@H](Nc1nccc(N2C(=O)OC[C@@H]2[C@@H](C)OC(C)(C)C)n1)c1cccc(OC(F)(F)F)c1. The molecule has 1 fully saturated rings. The van der Waals surface area contributed by atoms with Crippen molar-refractivity contribution in [3.05, 3.63) is 42.1 Å². The highest BCUT2D eigenvalue weighted by Crippen LogP contribution is 2.29. The molecule has 1 saturated heterocycles. The third-order valence-corrected chi connectivity index (χ3v) is 4.81. The zero-order chi connectivity index (χ0) is 24.4. The predicted octanol–water partition coefficient (Wildman–Crippen LogP) is 5.08. The molecule has 1 aromatic carbocycles. The molecule has 11 heteroatoms. The minimum atomic E-state index is -4.78. The monoisotopic (exact) mass is 468 g/mol. The fourth-order valence-corrected chi connectivity index (χ4v) is 3.49. The summed E-state index contributed by atoms with van der Waals surface area (Å²) in [5.41, 5.74) is 0.131. The Morgan fingerprint density at radius 3 is 2.61 bits per heavy atom. The number of nitrogens with one attached hydrogen (secondary N) is 1. The number of aromatic nitrogens is 2. The Morgan fingerprint density at radius 1 is 1.21 bits per heavy atom. The van der Waals surface area contributed by atoms with Crippen molar-refractivity contribution in [3.63, 3.8) is 0 Å². The molecule has 3 atom stereocenters. The van der Waals surface area contributed by atoms with Gasteiger partial charge in [0.25, 0.3) is 0 Å². The number of halogens is 3. The average molecular weight is 468 g/mol. The maximum Gasteiger partial charge on any atom is 0.573 e. The van der Waals surface area contributed by atoms with E-state index in [9.17, 15) is 18.0 Å². The fraction of sp³-hybridized carbons (Fsp3) is 0.500. The maximum atomic E-state index is 12.5. The Kier molecular flexibility index (Phi) is 7.01. The number of hydrogen-bond acceptors (Lipinski definition) is 7. The molecule has 0 spiro atoms.